The van der Waals surface area contributed by atoms with E-state index in [1.807, 2.05) is 11.8 Å². The Bertz CT molecular complexity index is 1130. The minimum Gasteiger partial charge on any atom is -0.378 e. The van der Waals surface area contributed by atoms with Gasteiger partial charge in [-0.1, -0.05) is 48.2 Å². The van der Waals surface area contributed by atoms with Gasteiger partial charge in [-0.25, -0.2) is 0 Å². The van der Waals surface area contributed by atoms with Crippen LogP contribution in [0.2, 0.25) is 0 Å². The van der Waals surface area contributed by atoms with Crippen molar-refractivity contribution in [3.8, 4) is 0 Å². The second kappa shape index (κ2) is 6.36. The van der Waals surface area contributed by atoms with Crippen molar-refractivity contribution in [3.63, 3.8) is 0 Å². The van der Waals surface area contributed by atoms with Crippen molar-refractivity contribution in [1.82, 2.24) is 0 Å². The molecule has 0 radical (unpaired) electrons. The summed E-state index contributed by atoms with van der Waals surface area (Å²) < 4.78 is 0. The average Bonchev–Trinajstić information content (AvgIpc) is 2.70. The molecule has 2 nitrogen and oxygen atoms in total. The van der Waals surface area contributed by atoms with E-state index in [2.05, 4.69) is 109 Å². The summed E-state index contributed by atoms with van der Waals surface area (Å²) in [5.41, 5.74) is 4.87. The molecule has 0 amide bonds. The minimum absolute atomic E-state index is 1.19. The predicted molar refractivity (Wildman–Crippen MR) is 117 cm³/mol. The van der Waals surface area contributed by atoms with Gasteiger partial charge in [0.25, 0.3) is 0 Å². The van der Waals surface area contributed by atoms with Crippen molar-refractivity contribution in [1.29, 1.82) is 0 Å². The molecule has 0 bridgehead atoms. The molecule has 1 aliphatic heterocycles. The van der Waals surface area contributed by atoms with E-state index >= 15 is 0 Å². The van der Waals surface area contributed by atoms with E-state index in [9.17, 15) is 0 Å². The molecule has 27 heavy (non-hydrogen) atoms. The number of anilines is 4. The number of hydrogen-bond donors (Lipinski definition) is 0. The summed E-state index contributed by atoms with van der Waals surface area (Å²) in [6.45, 7) is 0. The maximum atomic E-state index is 2.38. The fraction of sp³-hybridized carbons (Fsp3) is 0.0833. The van der Waals surface area contributed by atoms with Crippen molar-refractivity contribution < 1.29 is 0 Å². The molecule has 4 aromatic rings. The molecule has 4 aromatic carbocycles. The molecule has 0 saturated heterocycles. The molecule has 132 valence electrons. The van der Waals surface area contributed by atoms with Gasteiger partial charge in [0.1, 0.15) is 0 Å². The maximum Gasteiger partial charge on any atom is 0.0608 e. The molecule has 0 unspecified atom stereocenters. The van der Waals surface area contributed by atoms with Gasteiger partial charge in [0.2, 0.25) is 0 Å². The maximum absolute atomic E-state index is 2.38. The van der Waals surface area contributed by atoms with Gasteiger partial charge in [0.05, 0.1) is 11.4 Å². The van der Waals surface area contributed by atoms with Gasteiger partial charge in [-0.3, -0.25) is 0 Å². The van der Waals surface area contributed by atoms with E-state index in [1.54, 1.807) is 0 Å². The summed E-state index contributed by atoms with van der Waals surface area (Å²) in [7, 11) is 4.15. The summed E-state index contributed by atoms with van der Waals surface area (Å²) in [6, 6.07) is 30.6. The Morgan fingerprint density at radius 3 is 2.07 bits per heavy atom. The second-order valence-corrected chi connectivity index (χ2v) is 8.07. The van der Waals surface area contributed by atoms with Gasteiger partial charge >= 0.3 is 0 Å². The third-order valence-corrected chi connectivity index (χ3v) is 6.13. The summed E-state index contributed by atoms with van der Waals surface area (Å²) in [5.74, 6) is 0. The number of rotatable bonds is 2. The Morgan fingerprint density at radius 1 is 0.667 bits per heavy atom. The van der Waals surface area contributed by atoms with Crippen molar-refractivity contribution in [3.05, 3.63) is 84.9 Å². The first kappa shape index (κ1) is 16.3. The van der Waals surface area contributed by atoms with Gasteiger partial charge in [-0.2, -0.15) is 0 Å². The second-order valence-electron chi connectivity index (χ2n) is 6.98. The molecule has 0 aromatic heterocycles. The zero-order valence-electron chi connectivity index (χ0n) is 15.4. The standard InChI is InChI=1S/C24H20N2S/c1-25(2)19-11-13-20(14-12-19)26-21-9-5-6-10-23(21)27-24-16-18-8-4-3-7-17(18)15-22(24)26/h3-16H,1-2H3. The molecular formula is C24H20N2S. The zero-order valence-corrected chi connectivity index (χ0v) is 16.2. The lowest BCUT2D eigenvalue weighted by Gasteiger charge is -2.33. The lowest BCUT2D eigenvalue weighted by atomic mass is 10.1. The van der Waals surface area contributed by atoms with Gasteiger partial charge in [-0.15, -0.1) is 0 Å². The van der Waals surface area contributed by atoms with Crippen molar-refractivity contribution in [2.24, 2.45) is 0 Å². The van der Waals surface area contributed by atoms with Crippen LogP contribution in [0.3, 0.4) is 0 Å². The molecule has 0 spiro atoms. The first-order valence-electron chi connectivity index (χ1n) is 9.08. The van der Waals surface area contributed by atoms with Crippen LogP contribution in [-0.2, 0) is 0 Å². The topological polar surface area (TPSA) is 6.48 Å². The lowest BCUT2D eigenvalue weighted by molar-refractivity contribution is 1.12. The fourth-order valence-electron chi connectivity index (χ4n) is 3.62. The van der Waals surface area contributed by atoms with Crippen molar-refractivity contribution in [2.75, 3.05) is 23.9 Å². The van der Waals surface area contributed by atoms with Crippen LogP contribution in [0.15, 0.2) is 94.7 Å². The normalized spacial score (nSPS) is 12.6. The van der Waals surface area contributed by atoms with E-state index in [0.717, 1.165) is 0 Å². The number of fused-ring (bicyclic) bond motifs is 3. The van der Waals surface area contributed by atoms with Gasteiger partial charge in [0.15, 0.2) is 0 Å². The predicted octanol–water partition coefficient (Wildman–Crippen LogP) is 6.84. The Labute approximate surface area is 164 Å². The Balaban J connectivity index is 1.73. The molecule has 1 heterocycles. The molecule has 5 rings (SSSR count). The molecule has 0 aliphatic carbocycles. The molecule has 0 saturated carbocycles. The van der Waals surface area contributed by atoms with Gasteiger partial charge in [0, 0.05) is 35.3 Å². The van der Waals surface area contributed by atoms with Crippen LogP contribution in [0.25, 0.3) is 10.8 Å². The number of para-hydroxylation sites is 1. The van der Waals surface area contributed by atoms with Crippen LogP contribution >= 0.6 is 11.8 Å². The summed E-state index contributed by atoms with van der Waals surface area (Å²) in [6.07, 6.45) is 0. The molecule has 1 aliphatic rings. The minimum atomic E-state index is 1.19. The average molecular weight is 369 g/mol. The van der Waals surface area contributed by atoms with Crippen LogP contribution in [0.4, 0.5) is 22.7 Å². The number of benzene rings is 4. The highest BCUT2D eigenvalue weighted by molar-refractivity contribution is 7.99. The summed E-state index contributed by atoms with van der Waals surface area (Å²) in [5, 5.41) is 2.55. The number of hydrogen-bond acceptors (Lipinski definition) is 3. The summed E-state index contributed by atoms with van der Waals surface area (Å²) >= 11 is 1.85. The SMILES string of the molecule is CN(C)c1ccc(N2c3ccccc3Sc3cc4ccccc4cc32)cc1. The third kappa shape index (κ3) is 2.75. The highest BCUT2D eigenvalue weighted by atomic mass is 32.2. The van der Waals surface area contributed by atoms with E-state index in [0.29, 0.717) is 0 Å². The molecule has 3 heteroatoms. The highest BCUT2D eigenvalue weighted by Crippen LogP contribution is 2.52. The Morgan fingerprint density at radius 2 is 1.33 bits per heavy atom. The molecule has 0 atom stereocenters. The van der Waals surface area contributed by atoms with Gasteiger partial charge < -0.3 is 9.80 Å². The first-order valence-corrected chi connectivity index (χ1v) is 9.89. The van der Waals surface area contributed by atoms with Crippen LogP contribution in [0.5, 0.6) is 0 Å². The molecule has 0 N–H and O–H groups in total. The molecular weight excluding hydrogens is 348 g/mol. The smallest absolute Gasteiger partial charge is 0.0608 e. The van der Waals surface area contributed by atoms with E-state index in [4.69, 9.17) is 0 Å². The van der Waals surface area contributed by atoms with Gasteiger partial charge in [-0.05, 0) is 59.3 Å². The first-order chi connectivity index (χ1) is 13.2. The van der Waals surface area contributed by atoms with Crippen LogP contribution in [0, 0.1) is 0 Å². The third-order valence-electron chi connectivity index (χ3n) is 5.02. The largest absolute Gasteiger partial charge is 0.378 e. The van der Waals surface area contributed by atoms with Crippen LogP contribution in [0.1, 0.15) is 0 Å². The van der Waals surface area contributed by atoms with Crippen molar-refractivity contribution in [2.45, 2.75) is 9.79 Å². The fourth-order valence-corrected chi connectivity index (χ4v) is 4.71. The van der Waals surface area contributed by atoms with E-state index in [-0.39, 0.29) is 0 Å². The van der Waals surface area contributed by atoms with E-state index < -0.39 is 0 Å². The lowest BCUT2D eigenvalue weighted by Crippen LogP contribution is -2.15. The Hall–Kier alpha value is -2.91. The number of nitrogens with zero attached hydrogens (tertiary/aromatic N) is 2. The molecule has 0 fully saturated rings. The summed E-state index contributed by atoms with van der Waals surface area (Å²) in [4.78, 5) is 7.10. The van der Waals surface area contributed by atoms with Crippen LogP contribution < -0.4 is 9.80 Å². The van der Waals surface area contributed by atoms with Crippen molar-refractivity contribution >= 4 is 45.3 Å². The monoisotopic (exact) mass is 368 g/mol. The highest BCUT2D eigenvalue weighted by Gasteiger charge is 2.25. The van der Waals surface area contributed by atoms with E-state index in [1.165, 1.54) is 43.3 Å². The van der Waals surface area contributed by atoms with Crippen LogP contribution in [-0.4, -0.2) is 14.1 Å². The Kier molecular flexibility index (Phi) is 3.83. The quantitative estimate of drug-likeness (QED) is 0.337. The zero-order chi connectivity index (χ0) is 18.4.